The number of rotatable bonds is 5. The molecule has 0 aliphatic carbocycles. The van der Waals surface area contributed by atoms with E-state index in [1.165, 1.54) is 6.07 Å². The van der Waals surface area contributed by atoms with Crippen LogP contribution in [0.5, 0.6) is 0 Å². The van der Waals surface area contributed by atoms with E-state index >= 15 is 0 Å². The lowest BCUT2D eigenvalue weighted by Crippen LogP contribution is -2.21. The lowest BCUT2D eigenvalue weighted by molar-refractivity contribution is 0.0162. The van der Waals surface area contributed by atoms with E-state index in [2.05, 4.69) is 12.6 Å². The van der Waals surface area contributed by atoms with Crippen LogP contribution >= 0.6 is 12.6 Å². The van der Waals surface area contributed by atoms with E-state index < -0.39 is 18.2 Å². The van der Waals surface area contributed by atoms with E-state index in [0.29, 0.717) is 12.2 Å². The number of hydrogen-bond donors (Lipinski definition) is 4. The summed E-state index contributed by atoms with van der Waals surface area (Å²) in [7, 11) is 0. The summed E-state index contributed by atoms with van der Waals surface area (Å²) in [4.78, 5) is 11.0. The van der Waals surface area contributed by atoms with Crippen molar-refractivity contribution >= 4 is 18.6 Å². The molecule has 1 aromatic rings. The third-order valence-electron chi connectivity index (χ3n) is 2.55. The summed E-state index contributed by atoms with van der Waals surface area (Å²) in [6.07, 6.45) is -1.90. The Morgan fingerprint density at radius 1 is 1.41 bits per heavy atom. The molecule has 0 saturated carbocycles. The molecule has 1 rings (SSSR count). The van der Waals surface area contributed by atoms with Crippen LogP contribution in [0.2, 0.25) is 0 Å². The third kappa shape index (κ3) is 3.46. The van der Waals surface area contributed by atoms with Crippen molar-refractivity contribution in [1.29, 1.82) is 0 Å². The van der Waals surface area contributed by atoms with Gasteiger partial charge in [0, 0.05) is 0 Å². The van der Waals surface area contributed by atoms with Crippen molar-refractivity contribution in [3.8, 4) is 0 Å². The van der Waals surface area contributed by atoms with Gasteiger partial charge in [0.15, 0.2) is 0 Å². The number of carbonyl (C=O) groups is 1. The molecular formula is C12H16O4S. The third-order valence-corrected chi connectivity index (χ3v) is 2.80. The first-order valence-electron chi connectivity index (χ1n) is 5.28. The smallest absolute Gasteiger partial charge is 0.336 e. The summed E-state index contributed by atoms with van der Waals surface area (Å²) < 4.78 is 0. The van der Waals surface area contributed by atoms with Crippen molar-refractivity contribution in [3.63, 3.8) is 0 Å². The predicted molar refractivity (Wildman–Crippen MR) is 67.6 cm³/mol. The molecule has 0 aliphatic heterocycles. The number of aromatic carboxylic acids is 1. The normalized spacial score (nSPS) is 14.4. The van der Waals surface area contributed by atoms with Gasteiger partial charge >= 0.3 is 5.97 Å². The number of benzene rings is 1. The molecule has 0 aromatic heterocycles. The van der Waals surface area contributed by atoms with Crippen molar-refractivity contribution in [3.05, 3.63) is 34.9 Å². The Hall–Kier alpha value is -1.04. The number of aliphatic hydroxyl groups excluding tert-OH is 2. The van der Waals surface area contributed by atoms with Crippen LogP contribution in [0.15, 0.2) is 18.2 Å². The molecule has 0 fully saturated rings. The zero-order chi connectivity index (χ0) is 13.0. The number of hydrogen-bond acceptors (Lipinski definition) is 4. The molecule has 0 heterocycles. The maximum absolute atomic E-state index is 11.0. The summed E-state index contributed by atoms with van der Waals surface area (Å²) in [5, 5.41) is 28.6. The Kier molecular flexibility index (Phi) is 4.99. The molecule has 0 bridgehead atoms. The minimum Gasteiger partial charge on any atom is -0.478 e. The average molecular weight is 256 g/mol. The molecule has 3 N–H and O–H groups in total. The van der Waals surface area contributed by atoms with E-state index in [0.717, 1.165) is 5.56 Å². The molecule has 0 spiro atoms. The summed E-state index contributed by atoms with van der Waals surface area (Å²) in [6, 6.07) is 4.67. The molecule has 0 amide bonds. The first-order chi connectivity index (χ1) is 7.97. The molecule has 94 valence electrons. The molecule has 0 aliphatic rings. The number of aryl methyl sites for hydroxylation is 1. The van der Waals surface area contributed by atoms with E-state index in [1.54, 1.807) is 19.1 Å². The zero-order valence-electron chi connectivity index (χ0n) is 9.50. The second-order valence-electron chi connectivity index (χ2n) is 3.92. The molecule has 2 unspecified atom stereocenters. The van der Waals surface area contributed by atoms with Gasteiger partial charge in [-0.25, -0.2) is 4.79 Å². The Morgan fingerprint density at radius 3 is 2.59 bits per heavy atom. The van der Waals surface area contributed by atoms with Crippen molar-refractivity contribution in [2.45, 2.75) is 25.6 Å². The van der Waals surface area contributed by atoms with Crippen LogP contribution in [-0.2, 0) is 0 Å². The molecule has 1 aromatic carbocycles. The first-order valence-corrected chi connectivity index (χ1v) is 5.91. The Bertz CT molecular complexity index is 405. The van der Waals surface area contributed by atoms with Crippen LogP contribution in [-0.4, -0.2) is 33.1 Å². The zero-order valence-corrected chi connectivity index (χ0v) is 10.4. The van der Waals surface area contributed by atoms with Gasteiger partial charge in [0.1, 0.15) is 6.10 Å². The summed E-state index contributed by atoms with van der Waals surface area (Å²) in [6.45, 7) is 1.80. The topological polar surface area (TPSA) is 77.8 Å². The predicted octanol–water partition coefficient (Wildman–Crippen LogP) is 1.41. The van der Waals surface area contributed by atoms with Crippen molar-refractivity contribution in [1.82, 2.24) is 0 Å². The molecular weight excluding hydrogens is 240 g/mol. The molecule has 4 nitrogen and oxygen atoms in total. The summed E-state index contributed by atoms with van der Waals surface area (Å²) in [5.74, 6) is -0.691. The highest BCUT2D eigenvalue weighted by atomic mass is 32.1. The summed E-state index contributed by atoms with van der Waals surface area (Å²) >= 11 is 3.97. The number of carboxylic acid groups (broad SMARTS) is 1. The van der Waals surface area contributed by atoms with E-state index in [4.69, 9.17) is 5.11 Å². The average Bonchev–Trinajstić information content (AvgIpc) is 2.27. The molecule has 2 atom stereocenters. The highest BCUT2D eigenvalue weighted by Gasteiger charge is 2.23. The van der Waals surface area contributed by atoms with E-state index in [9.17, 15) is 15.0 Å². The fourth-order valence-electron chi connectivity index (χ4n) is 1.62. The highest BCUT2D eigenvalue weighted by Crippen LogP contribution is 2.24. The van der Waals surface area contributed by atoms with Crippen molar-refractivity contribution in [2.75, 3.05) is 5.75 Å². The van der Waals surface area contributed by atoms with Crippen LogP contribution in [0.4, 0.5) is 0 Å². The number of thiol groups is 1. The molecule has 5 heteroatoms. The largest absolute Gasteiger partial charge is 0.478 e. The summed E-state index contributed by atoms with van der Waals surface area (Å²) in [5.41, 5.74) is 1.09. The fourth-order valence-corrected chi connectivity index (χ4v) is 1.88. The lowest BCUT2D eigenvalue weighted by Gasteiger charge is -2.19. The van der Waals surface area contributed by atoms with Crippen molar-refractivity contribution < 1.29 is 20.1 Å². The second kappa shape index (κ2) is 6.05. The van der Waals surface area contributed by atoms with Gasteiger partial charge in [0.05, 0.1) is 11.7 Å². The van der Waals surface area contributed by atoms with Gasteiger partial charge in [-0.15, -0.1) is 0 Å². The number of aliphatic hydroxyl groups is 2. The van der Waals surface area contributed by atoms with Gasteiger partial charge in [0.25, 0.3) is 0 Å². The van der Waals surface area contributed by atoms with Gasteiger partial charge in [0.2, 0.25) is 0 Å². The fraction of sp³-hybridized carbons (Fsp3) is 0.417. The lowest BCUT2D eigenvalue weighted by atomic mass is 9.95. The van der Waals surface area contributed by atoms with Gasteiger partial charge < -0.3 is 15.3 Å². The first kappa shape index (κ1) is 14.0. The maximum atomic E-state index is 11.0. The SMILES string of the molecule is Cc1ccc(C(=O)O)c(C(O)C(O)CCS)c1. The van der Waals surface area contributed by atoms with Crippen LogP contribution < -0.4 is 0 Å². The van der Waals surface area contributed by atoms with E-state index in [1.807, 2.05) is 0 Å². The van der Waals surface area contributed by atoms with Gasteiger partial charge in [-0.1, -0.05) is 17.7 Å². The monoisotopic (exact) mass is 256 g/mol. The highest BCUT2D eigenvalue weighted by molar-refractivity contribution is 7.80. The van der Waals surface area contributed by atoms with Gasteiger partial charge in [-0.2, -0.15) is 12.6 Å². The van der Waals surface area contributed by atoms with Crippen LogP contribution in [0.25, 0.3) is 0 Å². The number of carboxylic acids is 1. The van der Waals surface area contributed by atoms with Crippen LogP contribution in [0, 0.1) is 6.92 Å². The quantitative estimate of drug-likeness (QED) is 0.601. The van der Waals surface area contributed by atoms with Crippen molar-refractivity contribution in [2.24, 2.45) is 0 Å². The molecule has 0 radical (unpaired) electrons. The van der Waals surface area contributed by atoms with Gasteiger partial charge in [-0.3, -0.25) is 0 Å². The minimum atomic E-state index is -1.20. The maximum Gasteiger partial charge on any atom is 0.336 e. The standard InChI is InChI=1S/C12H16O4S/c1-7-2-3-8(12(15)16)9(6-7)11(14)10(13)4-5-17/h2-3,6,10-11,13-14,17H,4-5H2,1H3,(H,15,16). The molecule has 17 heavy (non-hydrogen) atoms. The van der Waals surface area contributed by atoms with Crippen LogP contribution in [0.3, 0.4) is 0 Å². The second-order valence-corrected chi connectivity index (χ2v) is 4.37. The Labute approximate surface area is 105 Å². The Morgan fingerprint density at radius 2 is 2.06 bits per heavy atom. The van der Waals surface area contributed by atoms with Crippen LogP contribution in [0.1, 0.15) is 34.0 Å². The Balaban J connectivity index is 3.10. The van der Waals surface area contributed by atoms with Gasteiger partial charge in [-0.05, 0) is 30.7 Å². The molecule has 0 saturated heterocycles. The van der Waals surface area contributed by atoms with E-state index in [-0.39, 0.29) is 11.1 Å². The minimum absolute atomic E-state index is 0.0151.